The van der Waals surface area contributed by atoms with E-state index in [1.807, 2.05) is 31.2 Å². The summed E-state index contributed by atoms with van der Waals surface area (Å²) in [4.78, 5) is 16.0. The van der Waals surface area contributed by atoms with Crippen LogP contribution in [0.15, 0.2) is 53.3 Å². The third-order valence-corrected chi connectivity index (χ3v) is 3.97. The molecule has 0 radical (unpaired) electrons. The maximum atomic E-state index is 12.0. The SMILES string of the molecule is Cc1cc(NC(=O)CNCc2cc(-c3cccnc3)no2)ccc1Cl. The second-order valence-electron chi connectivity index (χ2n) is 5.54. The van der Waals surface area contributed by atoms with Gasteiger partial charge in [-0.05, 0) is 42.8 Å². The van der Waals surface area contributed by atoms with Crippen LogP contribution >= 0.6 is 11.6 Å². The first-order valence-electron chi connectivity index (χ1n) is 7.74. The van der Waals surface area contributed by atoms with Gasteiger partial charge in [0.25, 0.3) is 0 Å². The number of aromatic nitrogens is 2. The second-order valence-corrected chi connectivity index (χ2v) is 5.94. The molecule has 128 valence electrons. The lowest BCUT2D eigenvalue weighted by Gasteiger charge is -2.07. The molecule has 0 aliphatic heterocycles. The van der Waals surface area contributed by atoms with Gasteiger partial charge in [0.2, 0.25) is 5.91 Å². The molecule has 0 saturated heterocycles. The third kappa shape index (κ3) is 4.65. The van der Waals surface area contributed by atoms with Crippen molar-refractivity contribution in [1.82, 2.24) is 15.5 Å². The van der Waals surface area contributed by atoms with Gasteiger partial charge in [-0.25, -0.2) is 0 Å². The minimum Gasteiger partial charge on any atom is -0.359 e. The van der Waals surface area contributed by atoms with Crippen molar-refractivity contribution < 1.29 is 9.32 Å². The smallest absolute Gasteiger partial charge is 0.238 e. The van der Waals surface area contributed by atoms with Crippen molar-refractivity contribution in [2.45, 2.75) is 13.5 Å². The first kappa shape index (κ1) is 17.1. The van der Waals surface area contributed by atoms with Crippen LogP contribution in [0, 0.1) is 6.92 Å². The Hall–Kier alpha value is -2.70. The topological polar surface area (TPSA) is 80.0 Å². The molecule has 3 rings (SSSR count). The van der Waals surface area contributed by atoms with Crippen LogP contribution in [0.1, 0.15) is 11.3 Å². The fourth-order valence-electron chi connectivity index (χ4n) is 2.27. The second kappa shape index (κ2) is 7.92. The number of aryl methyl sites for hydroxylation is 1. The minimum atomic E-state index is -0.145. The van der Waals surface area contributed by atoms with Gasteiger partial charge in [0.05, 0.1) is 13.1 Å². The Morgan fingerprint density at radius 1 is 1.28 bits per heavy atom. The number of benzene rings is 1. The molecule has 0 saturated carbocycles. The van der Waals surface area contributed by atoms with Crippen LogP contribution in [0.2, 0.25) is 5.02 Å². The van der Waals surface area contributed by atoms with E-state index in [4.69, 9.17) is 16.1 Å². The van der Waals surface area contributed by atoms with Gasteiger partial charge in [-0.15, -0.1) is 0 Å². The molecule has 1 amide bonds. The van der Waals surface area contributed by atoms with E-state index in [-0.39, 0.29) is 12.5 Å². The summed E-state index contributed by atoms with van der Waals surface area (Å²) < 4.78 is 5.26. The average Bonchev–Trinajstić information content (AvgIpc) is 3.08. The van der Waals surface area contributed by atoms with Gasteiger partial charge in [0.1, 0.15) is 5.69 Å². The summed E-state index contributed by atoms with van der Waals surface area (Å²) in [5.74, 6) is 0.503. The van der Waals surface area contributed by atoms with Gasteiger partial charge in [0, 0.05) is 34.7 Å². The van der Waals surface area contributed by atoms with Crippen molar-refractivity contribution in [2.24, 2.45) is 0 Å². The highest BCUT2D eigenvalue weighted by atomic mass is 35.5. The van der Waals surface area contributed by atoms with Crippen LogP contribution in [0.5, 0.6) is 0 Å². The molecule has 0 fully saturated rings. The Morgan fingerprint density at radius 2 is 2.16 bits per heavy atom. The number of pyridine rings is 1. The van der Waals surface area contributed by atoms with E-state index >= 15 is 0 Å². The lowest BCUT2D eigenvalue weighted by Crippen LogP contribution is -2.27. The quantitative estimate of drug-likeness (QED) is 0.707. The molecule has 0 spiro atoms. The van der Waals surface area contributed by atoms with Crippen LogP contribution in [0.25, 0.3) is 11.3 Å². The van der Waals surface area contributed by atoms with Crippen molar-refractivity contribution in [3.63, 3.8) is 0 Å². The van der Waals surface area contributed by atoms with Crippen LogP contribution in [-0.2, 0) is 11.3 Å². The van der Waals surface area contributed by atoms with Crippen LogP contribution < -0.4 is 10.6 Å². The number of halogens is 1. The molecule has 0 aliphatic carbocycles. The van der Waals surface area contributed by atoms with Gasteiger partial charge in [-0.2, -0.15) is 0 Å². The average molecular weight is 357 g/mol. The van der Waals surface area contributed by atoms with Crippen LogP contribution in [0.3, 0.4) is 0 Å². The van der Waals surface area contributed by atoms with Crippen LogP contribution in [-0.4, -0.2) is 22.6 Å². The Labute approximate surface area is 150 Å². The number of hydrogen-bond donors (Lipinski definition) is 2. The van der Waals surface area contributed by atoms with Gasteiger partial charge < -0.3 is 15.2 Å². The number of rotatable bonds is 6. The number of nitrogens with one attached hydrogen (secondary N) is 2. The Kier molecular flexibility index (Phi) is 5.42. The summed E-state index contributed by atoms with van der Waals surface area (Å²) in [5.41, 5.74) is 3.23. The summed E-state index contributed by atoms with van der Waals surface area (Å²) >= 11 is 5.97. The minimum absolute atomic E-state index is 0.145. The third-order valence-electron chi connectivity index (χ3n) is 3.54. The molecular formula is C18H17ClN4O2. The van der Waals surface area contributed by atoms with E-state index < -0.39 is 0 Å². The van der Waals surface area contributed by atoms with Crippen molar-refractivity contribution in [3.8, 4) is 11.3 Å². The highest BCUT2D eigenvalue weighted by Crippen LogP contribution is 2.19. The number of carbonyl (C=O) groups excluding carboxylic acids is 1. The number of anilines is 1. The van der Waals surface area contributed by atoms with Gasteiger partial charge in [0.15, 0.2) is 5.76 Å². The molecule has 0 bridgehead atoms. The molecule has 2 N–H and O–H groups in total. The molecular weight excluding hydrogens is 340 g/mol. The van der Waals surface area contributed by atoms with E-state index in [0.29, 0.717) is 28.7 Å². The molecule has 2 aromatic heterocycles. The first-order valence-corrected chi connectivity index (χ1v) is 8.12. The monoisotopic (exact) mass is 356 g/mol. The Morgan fingerprint density at radius 3 is 2.92 bits per heavy atom. The molecule has 7 heteroatoms. The summed E-state index contributed by atoms with van der Waals surface area (Å²) in [5, 5.41) is 10.5. The summed E-state index contributed by atoms with van der Waals surface area (Å²) in [6.45, 7) is 2.45. The highest BCUT2D eigenvalue weighted by Gasteiger charge is 2.08. The van der Waals surface area contributed by atoms with E-state index in [0.717, 1.165) is 11.1 Å². The molecule has 2 heterocycles. The molecule has 0 aliphatic rings. The first-order chi connectivity index (χ1) is 12.1. The Balaban J connectivity index is 1.48. The largest absolute Gasteiger partial charge is 0.359 e. The van der Waals surface area contributed by atoms with Crippen molar-refractivity contribution in [2.75, 3.05) is 11.9 Å². The van der Waals surface area contributed by atoms with Crippen LogP contribution in [0.4, 0.5) is 5.69 Å². The predicted octanol–water partition coefficient (Wildman–Crippen LogP) is 3.43. The molecule has 25 heavy (non-hydrogen) atoms. The maximum absolute atomic E-state index is 12.0. The zero-order chi connectivity index (χ0) is 17.6. The van der Waals surface area contributed by atoms with Gasteiger partial charge in [-0.3, -0.25) is 9.78 Å². The predicted molar refractivity (Wildman–Crippen MR) is 96.3 cm³/mol. The lowest BCUT2D eigenvalue weighted by atomic mass is 10.2. The number of nitrogens with zero attached hydrogens (tertiary/aromatic N) is 2. The fraction of sp³-hybridized carbons (Fsp3) is 0.167. The van der Waals surface area contributed by atoms with E-state index in [1.54, 1.807) is 24.5 Å². The fourth-order valence-corrected chi connectivity index (χ4v) is 2.39. The van der Waals surface area contributed by atoms with Gasteiger partial charge >= 0.3 is 0 Å². The molecule has 6 nitrogen and oxygen atoms in total. The highest BCUT2D eigenvalue weighted by molar-refractivity contribution is 6.31. The molecule has 1 aromatic carbocycles. The lowest BCUT2D eigenvalue weighted by molar-refractivity contribution is -0.115. The maximum Gasteiger partial charge on any atom is 0.238 e. The number of hydrogen-bond acceptors (Lipinski definition) is 5. The Bertz CT molecular complexity index is 865. The summed E-state index contributed by atoms with van der Waals surface area (Å²) in [7, 11) is 0. The van der Waals surface area contributed by atoms with Gasteiger partial charge in [-0.1, -0.05) is 16.8 Å². The van der Waals surface area contributed by atoms with Crippen molar-refractivity contribution in [1.29, 1.82) is 0 Å². The zero-order valence-corrected chi connectivity index (χ0v) is 14.4. The molecule has 0 unspecified atom stereocenters. The van der Waals surface area contributed by atoms with E-state index in [9.17, 15) is 4.79 Å². The van der Waals surface area contributed by atoms with Crippen molar-refractivity contribution >= 4 is 23.2 Å². The summed E-state index contributed by atoms with van der Waals surface area (Å²) in [6.07, 6.45) is 3.42. The number of carbonyl (C=O) groups is 1. The van der Waals surface area contributed by atoms with Crippen molar-refractivity contribution in [3.05, 3.63) is 65.1 Å². The molecule has 0 atom stereocenters. The molecule has 3 aromatic rings. The van der Waals surface area contributed by atoms with E-state index in [2.05, 4.69) is 20.8 Å². The number of amides is 1. The standard InChI is InChI=1S/C18H17ClN4O2/c1-12-7-14(4-5-16(12)19)22-18(24)11-21-10-15-8-17(23-25-15)13-3-2-6-20-9-13/h2-9,21H,10-11H2,1H3,(H,22,24). The van der Waals surface area contributed by atoms with E-state index in [1.165, 1.54) is 0 Å². The summed E-state index contributed by atoms with van der Waals surface area (Å²) in [6, 6.07) is 10.9. The normalized spacial score (nSPS) is 10.6. The zero-order valence-electron chi connectivity index (χ0n) is 13.6.